The van der Waals surface area contributed by atoms with Crippen LogP contribution in [-0.4, -0.2) is 75.3 Å². The molecule has 2 aromatic carbocycles. The van der Waals surface area contributed by atoms with Crippen molar-refractivity contribution >= 4 is 40.3 Å². The fraction of sp³-hybridized carbons (Fsp3) is 0.280. The number of aromatic nitrogens is 5. The first kappa shape index (κ1) is 24.7. The van der Waals surface area contributed by atoms with E-state index in [9.17, 15) is 9.59 Å². The predicted molar refractivity (Wildman–Crippen MR) is 138 cm³/mol. The molecule has 36 heavy (non-hydrogen) atoms. The van der Waals surface area contributed by atoms with Gasteiger partial charge in [-0.2, -0.15) is 4.98 Å². The van der Waals surface area contributed by atoms with Gasteiger partial charge in [0.2, 0.25) is 5.95 Å². The van der Waals surface area contributed by atoms with Crippen LogP contribution in [0.3, 0.4) is 0 Å². The van der Waals surface area contributed by atoms with E-state index in [0.717, 1.165) is 25.3 Å². The van der Waals surface area contributed by atoms with E-state index in [1.807, 2.05) is 18.2 Å². The van der Waals surface area contributed by atoms with Gasteiger partial charge in [0.15, 0.2) is 5.65 Å². The van der Waals surface area contributed by atoms with Gasteiger partial charge in [-0.05, 0) is 55.6 Å². The lowest BCUT2D eigenvalue weighted by Crippen LogP contribution is -2.34. The van der Waals surface area contributed by atoms with Gasteiger partial charge in [0.25, 0.3) is 11.8 Å². The van der Waals surface area contributed by atoms with Crippen molar-refractivity contribution in [2.45, 2.75) is 13.8 Å². The lowest BCUT2D eigenvalue weighted by atomic mass is 10.1. The second-order valence-electron chi connectivity index (χ2n) is 8.01. The molecule has 0 aliphatic heterocycles. The summed E-state index contributed by atoms with van der Waals surface area (Å²) < 4.78 is 0. The quantitative estimate of drug-likeness (QED) is 0.311. The fourth-order valence-corrected chi connectivity index (χ4v) is 3.80. The van der Waals surface area contributed by atoms with Crippen molar-refractivity contribution in [3.63, 3.8) is 0 Å². The van der Waals surface area contributed by atoms with Crippen LogP contribution in [0.4, 0.5) is 17.3 Å². The maximum Gasteiger partial charge on any atom is 0.251 e. The zero-order valence-electron chi connectivity index (χ0n) is 20.5. The Morgan fingerprint density at radius 1 is 0.972 bits per heavy atom. The first-order valence-electron chi connectivity index (χ1n) is 11.8. The molecule has 186 valence electrons. The summed E-state index contributed by atoms with van der Waals surface area (Å²) in [6.07, 6.45) is 1.58. The molecular weight excluding hydrogens is 458 g/mol. The summed E-state index contributed by atoms with van der Waals surface area (Å²) in [6.45, 7) is 7.47. The molecule has 0 aliphatic carbocycles. The number of hydrogen-bond acceptors (Lipinski definition) is 8. The molecule has 4 aromatic rings. The highest BCUT2D eigenvalue weighted by Crippen LogP contribution is 2.33. The highest BCUT2D eigenvalue weighted by molar-refractivity contribution is 5.96. The molecule has 0 saturated heterocycles. The minimum Gasteiger partial charge on any atom is -0.355 e. The Morgan fingerprint density at radius 3 is 2.47 bits per heavy atom. The molecule has 2 amide bonds. The summed E-state index contributed by atoms with van der Waals surface area (Å²) in [4.78, 5) is 38.0. The molecule has 2 aromatic heterocycles. The van der Waals surface area contributed by atoms with Gasteiger partial charge in [0, 0.05) is 42.6 Å². The number of rotatable bonds is 10. The number of nitrogens with zero attached hydrogens (tertiary/aromatic N) is 6. The van der Waals surface area contributed by atoms with Crippen LogP contribution in [-0.2, 0) is 0 Å². The van der Waals surface area contributed by atoms with Gasteiger partial charge in [-0.25, -0.2) is 10.1 Å². The van der Waals surface area contributed by atoms with Crippen molar-refractivity contribution in [3.8, 4) is 0 Å². The van der Waals surface area contributed by atoms with E-state index in [0.29, 0.717) is 40.5 Å². The fourth-order valence-electron chi connectivity index (χ4n) is 3.80. The number of benzene rings is 2. The van der Waals surface area contributed by atoms with Crippen LogP contribution in [0, 0.1) is 0 Å². The number of anilines is 3. The van der Waals surface area contributed by atoms with Crippen LogP contribution in [0.5, 0.6) is 0 Å². The van der Waals surface area contributed by atoms with E-state index in [1.165, 1.54) is 0 Å². The molecule has 0 spiro atoms. The van der Waals surface area contributed by atoms with Crippen LogP contribution in [0.2, 0.25) is 0 Å². The maximum absolute atomic E-state index is 12.7. The molecule has 11 nitrogen and oxygen atoms in total. The molecular formula is C25H29N9O2. The number of amides is 2. The third-order valence-electron chi connectivity index (χ3n) is 5.86. The second-order valence-corrected chi connectivity index (χ2v) is 8.01. The number of fused-ring (bicyclic) bond motifs is 1. The highest BCUT2D eigenvalue weighted by Gasteiger charge is 2.18. The van der Waals surface area contributed by atoms with Crippen LogP contribution in [0.1, 0.15) is 34.6 Å². The Morgan fingerprint density at radius 2 is 1.75 bits per heavy atom. The van der Waals surface area contributed by atoms with Gasteiger partial charge in [0.1, 0.15) is 5.52 Å². The third kappa shape index (κ3) is 5.47. The molecule has 4 rings (SSSR count). The van der Waals surface area contributed by atoms with E-state index in [-0.39, 0.29) is 11.8 Å². The Bertz CT molecular complexity index is 1330. The van der Waals surface area contributed by atoms with Crippen molar-refractivity contribution in [1.82, 2.24) is 40.9 Å². The lowest BCUT2D eigenvalue weighted by Gasteiger charge is -2.23. The van der Waals surface area contributed by atoms with Crippen LogP contribution in [0.25, 0.3) is 11.2 Å². The van der Waals surface area contributed by atoms with Crippen molar-refractivity contribution in [2.24, 2.45) is 0 Å². The van der Waals surface area contributed by atoms with Crippen molar-refractivity contribution in [1.29, 1.82) is 0 Å². The molecule has 0 unspecified atom stereocenters. The summed E-state index contributed by atoms with van der Waals surface area (Å²) in [7, 11) is 1.58. The standard InChI is InChI=1S/C25H29N9O2/c1-4-33(5-2)14-13-27-24(36)17-9-11-19(12-10-17)34(20-8-6-7-18(15-20)23(35)26-3)25-28-16-21-22(29-25)31-32-30-21/h6-12,15-16H,4-5,13-14H2,1-3H3,(H,26,35)(H,27,36)(H,28,29,30,31,32). The zero-order valence-corrected chi connectivity index (χ0v) is 20.5. The Hall–Kier alpha value is -4.38. The minimum atomic E-state index is -0.206. The topological polar surface area (TPSA) is 132 Å². The Balaban J connectivity index is 1.64. The molecule has 0 fully saturated rings. The van der Waals surface area contributed by atoms with Gasteiger partial charge in [-0.3, -0.25) is 14.5 Å². The molecule has 0 bridgehead atoms. The van der Waals surface area contributed by atoms with E-state index < -0.39 is 0 Å². The maximum atomic E-state index is 12.7. The smallest absolute Gasteiger partial charge is 0.251 e. The van der Waals surface area contributed by atoms with Gasteiger partial charge in [-0.1, -0.05) is 25.1 Å². The minimum absolute atomic E-state index is 0.136. The molecule has 2 heterocycles. The van der Waals surface area contributed by atoms with Crippen molar-refractivity contribution < 1.29 is 9.59 Å². The number of carbonyl (C=O) groups excluding carboxylic acids is 2. The molecule has 3 N–H and O–H groups in total. The number of likely N-dealkylation sites (N-methyl/N-ethyl adjacent to an activating group) is 1. The Labute approximate surface area is 208 Å². The van der Waals surface area contributed by atoms with Gasteiger partial charge in [-0.15, -0.1) is 5.10 Å². The first-order valence-corrected chi connectivity index (χ1v) is 11.8. The molecule has 0 atom stereocenters. The van der Waals surface area contributed by atoms with Crippen LogP contribution >= 0.6 is 0 Å². The molecule has 0 aliphatic rings. The largest absolute Gasteiger partial charge is 0.355 e. The van der Waals surface area contributed by atoms with E-state index in [4.69, 9.17) is 0 Å². The monoisotopic (exact) mass is 487 g/mol. The number of hydrogen-bond donors (Lipinski definition) is 3. The summed E-state index contributed by atoms with van der Waals surface area (Å²) in [6, 6.07) is 14.3. The molecule has 0 radical (unpaired) electrons. The number of nitrogens with one attached hydrogen (secondary N) is 3. The van der Waals surface area contributed by atoms with Gasteiger partial charge >= 0.3 is 0 Å². The van der Waals surface area contributed by atoms with Crippen molar-refractivity contribution in [3.05, 3.63) is 65.9 Å². The molecule has 11 heteroatoms. The predicted octanol–water partition coefficient (Wildman–Crippen LogP) is 2.65. The van der Waals surface area contributed by atoms with E-state index >= 15 is 0 Å². The lowest BCUT2D eigenvalue weighted by molar-refractivity contribution is 0.0945. The zero-order chi connectivity index (χ0) is 25.5. The number of H-pyrrole nitrogens is 1. The SMILES string of the molecule is CCN(CC)CCNC(=O)c1ccc(N(c2cccc(C(=O)NC)c2)c2ncc3nn[nH]c3n2)cc1. The Kier molecular flexibility index (Phi) is 7.81. The normalized spacial score (nSPS) is 11.0. The average Bonchev–Trinajstić information content (AvgIpc) is 3.39. The van der Waals surface area contributed by atoms with E-state index in [1.54, 1.807) is 48.5 Å². The first-order chi connectivity index (χ1) is 17.5. The van der Waals surface area contributed by atoms with Gasteiger partial charge in [0.05, 0.1) is 6.20 Å². The highest BCUT2D eigenvalue weighted by atomic mass is 16.2. The van der Waals surface area contributed by atoms with Crippen LogP contribution < -0.4 is 15.5 Å². The second kappa shape index (κ2) is 11.4. The van der Waals surface area contributed by atoms with Crippen LogP contribution in [0.15, 0.2) is 54.7 Å². The number of carbonyl (C=O) groups is 2. The van der Waals surface area contributed by atoms with E-state index in [2.05, 4.69) is 54.8 Å². The van der Waals surface area contributed by atoms with Gasteiger partial charge < -0.3 is 15.5 Å². The van der Waals surface area contributed by atoms with Crippen molar-refractivity contribution in [2.75, 3.05) is 38.1 Å². The average molecular weight is 488 g/mol. The number of aromatic amines is 1. The summed E-state index contributed by atoms with van der Waals surface area (Å²) in [5, 5.41) is 16.1. The third-order valence-corrected chi connectivity index (χ3v) is 5.86. The summed E-state index contributed by atoms with van der Waals surface area (Å²) >= 11 is 0. The molecule has 0 saturated carbocycles. The summed E-state index contributed by atoms with van der Waals surface area (Å²) in [5.74, 6) is 0.0183. The summed E-state index contributed by atoms with van der Waals surface area (Å²) in [5.41, 5.74) is 3.46.